The van der Waals surface area contributed by atoms with E-state index in [1.165, 1.54) is 0 Å². The second-order valence-corrected chi connectivity index (χ2v) is 4.95. The van der Waals surface area contributed by atoms with Crippen LogP contribution in [0, 0.1) is 0 Å². The number of anilines is 1. The zero-order valence-electron chi connectivity index (χ0n) is 10.5. The van der Waals surface area contributed by atoms with Crippen LogP contribution in [0.15, 0.2) is 35.8 Å². The molecule has 0 aliphatic rings. The third kappa shape index (κ3) is 3.96. The van der Waals surface area contributed by atoms with E-state index >= 15 is 0 Å². The van der Waals surface area contributed by atoms with Gasteiger partial charge in [-0.25, -0.2) is 4.98 Å². The number of hydrogen-bond acceptors (Lipinski definition) is 5. The van der Waals surface area contributed by atoms with Crippen molar-refractivity contribution >= 4 is 22.9 Å². The maximum Gasteiger partial charge on any atom is 0.255 e. The van der Waals surface area contributed by atoms with Gasteiger partial charge in [0, 0.05) is 23.3 Å². The number of nitrogens with one attached hydrogen (secondary N) is 1. The van der Waals surface area contributed by atoms with Crippen molar-refractivity contribution < 1.29 is 9.53 Å². The van der Waals surface area contributed by atoms with Crippen LogP contribution >= 0.6 is 11.3 Å². The highest BCUT2D eigenvalue weighted by atomic mass is 32.1. The molecule has 1 unspecified atom stereocenters. The van der Waals surface area contributed by atoms with Gasteiger partial charge in [-0.05, 0) is 19.1 Å². The normalized spacial score (nSPS) is 11.8. The Kier molecular flexibility index (Phi) is 4.35. The highest BCUT2D eigenvalue weighted by Gasteiger charge is 2.08. The lowest BCUT2D eigenvalue weighted by Gasteiger charge is -2.13. The Morgan fingerprint density at radius 1 is 1.58 bits per heavy atom. The van der Waals surface area contributed by atoms with Crippen molar-refractivity contribution in [1.82, 2.24) is 4.98 Å². The van der Waals surface area contributed by atoms with Crippen LogP contribution in [0.5, 0.6) is 5.75 Å². The Hall–Kier alpha value is -2.08. The molecule has 0 saturated heterocycles. The zero-order valence-corrected chi connectivity index (χ0v) is 11.3. The number of carbonyl (C=O) groups excluding carboxylic acids is 1. The third-order valence-electron chi connectivity index (χ3n) is 2.42. The minimum atomic E-state index is -0.491. The van der Waals surface area contributed by atoms with E-state index in [4.69, 9.17) is 10.5 Å². The number of nitrogens with zero attached hydrogens (tertiary/aromatic N) is 1. The number of thiazole rings is 1. The van der Waals surface area contributed by atoms with Gasteiger partial charge in [0.25, 0.3) is 5.91 Å². The van der Waals surface area contributed by atoms with E-state index in [1.54, 1.807) is 23.6 Å². The summed E-state index contributed by atoms with van der Waals surface area (Å²) >= 11 is 1.60. The van der Waals surface area contributed by atoms with E-state index in [2.05, 4.69) is 10.3 Å². The Morgan fingerprint density at radius 3 is 3.11 bits per heavy atom. The number of carbonyl (C=O) groups is 1. The van der Waals surface area contributed by atoms with Crippen molar-refractivity contribution in [2.45, 2.75) is 13.0 Å². The highest BCUT2D eigenvalue weighted by molar-refractivity contribution is 7.09. The third-order valence-corrected chi connectivity index (χ3v) is 3.38. The standard InChI is InChI=1S/C13H15N3O2S/c1-9(13-15-5-6-19-13)16-10-3-2-4-11(7-10)18-8-12(14)17/h2-7,9,16H,8H2,1H3,(H2,14,17). The predicted molar refractivity (Wildman–Crippen MR) is 75.3 cm³/mol. The summed E-state index contributed by atoms with van der Waals surface area (Å²) in [6, 6.07) is 7.51. The van der Waals surface area contributed by atoms with E-state index in [0.29, 0.717) is 5.75 Å². The minimum absolute atomic E-state index is 0.117. The molecule has 1 atom stereocenters. The summed E-state index contributed by atoms with van der Waals surface area (Å²) in [6.07, 6.45) is 1.78. The molecule has 19 heavy (non-hydrogen) atoms. The second-order valence-electron chi connectivity index (χ2n) is 4.02. The summed E-state index contributed by atoms with van der Waals surface area (Å²) in [5, 5.41) is 6.29. The van der Waals surface area contributed by atoms with E-state index in [9.17, 15) is 4.79 Å². The number of ether oxygens (including phenoxy) is 1. The van der Waals surface area contributed by atoms with Gasteiger partial charge in [0.05, 0.1) is 6.04 Å². The summed E-state index contributed by atoms with van der Waals surface area (Å²) in [7, 11) is 0. The van der Waals surface area contributed by atoms with Gasteiger partial charge in [-0.1, -0.05) is 6.07 Å². The van der Waals surface area contributed by atoms with Gasteiger partial charge in [-0.2, -0.15) is 0 Å². The van der Waals surface area contributed by atoms with Gasteiger partial charge in [0.1, 0.15) is 10.8 Å². The lowest BCUT2D eigenvalue weighted by Crippen LogP contribution is -2.20. The Bertz CT molecular complexity index is 543. The van der Waals surface area contributed by atoms with Crippen LogP contribution in [-0.2, 0) is 4.79 Å². The van der Waals surface area contributed by atoms with Gasteiger partial charge in [-0.3, -0.25) is 4.79 Å². The highest BCUT2D eigenvalue weighted by Crippen LogP contribution is 2.23. The minimum Gasteiger partial charge on any atom is -0.484 e. The van der Waals surface area contributed by atoms with Crippen molar-refractivity contribution in [2.24, 2.45) is 5.73 Å². The fourth-order valence-electron chi connectivity index (χ4n) is 1.59. The molecule has 0 saturated carbocycles. The van der Waals surface area contributed by atoms with Gasteiger partial charge >= 0.3 is 0 Å². The summed E-state index contributed by atoms with van der Waals surface area (Å²) in [6.45, 7) is 1.92. The molecule has 0 aliphatic carbocycles. The zero-order chi connectivity index (χ0) is 13.7. The van der Waals surface area contributed by atoms with Gasteiger partial charge in [0.15, 0.2) is 6.61 Å². The number of rotatable bonds is 6. The maximum absolute atomic E-state index is 10.7. The molecule has 0 fully saturated rings. The largest absolute Gasteiger partial charge is 0.484 e. The Morgan fingerprint density at radius 2 is 2.42 bits per heavy atom. The molecule has 5 nitrogen and oxygen atoms in total. The molecule has 0 aliphatic heterocycles. The summed E-state index contributed by atoms with van der Waals surface area (Å²) < 4.78 is 5.25. The molecule has 6 heteroatoms. The first-order valence-corrected chi connectivity index (χ1v) is 6.70. The summed E-state index contributed by atoms with van der Waals surface area (Å²) in [4.78, 5) is 14.9. The molecule has 0 bridgehead atoms. The van der Waals surface area contributed by atoms with Crippen molar-refractivity contribution in [3.8, 4) is 5.75 Å². The fraction of sp³-hybridized carbons (Fsp3) is 0.231. The first kappa shape index (κ1) is 13.4. The van der Waals surface area contributed by atoms with E-state index in [1.807, 2.05) is 30.5 Å². The average Bonchev–Trinajstić information content (AvgIpc) is 2.91. The van der Waals surface area contributed by atoms with Crippen molar-refractivity contribution in [1.29, 1.82) is 0 Å². The first-order valence-electron chi connectivity index (χ1n) is 5.82. The molecule has 1 heterocycles. The Labute approximate surface area is 115 Å². The van der Waals surface area contributed by atoms with Crippen LogP contribution in [0.2, 0.25) is 0 Å². The van der Waals surface area contributed by atoms with Gasteiger partial charge < -0.3 is 15.8 Å². The second kappa shape index (κ2) is 6.19. The van der Waals surface area contributed by atoms with E-state index < -0.39 is 5.91 Å². The molecule has 0 radical (unpaired) electrons. The molecule has 1 amide bonds. The number of hydrogen-bond donors (Lipinski definition) is 2. The van der Waals surface area contributed by atoms with Crippen LogP contribution < -0.4 is 15.8 Å². The van der Waals surface area contributed by atoms with Crippen LogP contribution in [0.1, 0.15) is 18.0 Å². The number of benzene rings is 1. The molecular formula is C13H15N3O2S. The van der Waals surface area contributed by atoms with E-state index in [0.717, 1.165) is 10.7 Å². The van der Waals surface area contributed by atoms with Crippen LogP contribution in [0.4, 0.5) is 5.69 Å². The smallest absolute Gasteiger partial charge is 0.255 e. The monoisotopic (exact) mass is 277 g/mol. The molecule has 1 aromatic carbocycles. The summed E-state index contributed by atoms with van der Waals surface area (Å²) in [5.41, 5.74) is 5.94. The van der Waals surface area contributed by atoms with Gasteiger partial charge in [-0.15, -0.1) is 11.3 Å². The maximum atomic E-state index is 10.7. The van der Waals surface area contributed by atoms with Gasteiger partial charge in [0.2, 0.25) is 0 Å². The quantitative estimate of drug-likeness (QED) is 0.848. The Balaban J connectivity index is 2.00. The molecular weight excluding hydrogens is 262 g/mol. The first-order chi connectivity index (χ1) is 9.15. The van der Waals surface area contributed by atoms with Crippen molar-refractivity contribution in [2.75, 3.05) is 11.9 Å². The van der Waals surface area contributed by atoms with Crippen molar-refractivity contribution in [3.05, 3.63) is 40.8 Å². The number of nitrogens with two attached hydrogens (primary N) is 1. The molecule has 3 N–H and O–H groups in total. The summed E-state index contributed by atoms with van der Waals surface area (Å²) in [5.74, 6) is 0.115. The average molecular weight is 277 g/mol. The molecule has 0 spiro atoms. The number of amides is 1. The fourth-order valence-corrected chi connectivity index (χ4v) is 2.24. The molecule has 1 aromatic heterocycles. The molecule has 2 aromatic rings. The van der Waals surface area contributed by atoms with Crippen LogP contribution in [0.3, 0.4) is 0 Å². The van der Waals surface area contributed by atoms with Crippen molar-refractivity contribution in [3.63, 3.8) is 0 Å². The lowest BCUT2D eigenvalue weighted by atomic mass is 10.2. The van der Waals surface area contributed by atoms with Crippen LogP contribution in [0.25, 0.3) is 0 Å². The SMILES string of the molecule is CC(Nc1cccc(OCC(N)=O)c1)c1nccs1. The lowest BCUT2D eigenvalue weighted by molar-refractivity contribution is -0.119. The van der Waals surface area contributed by atoms with Crippen LogP contribution in [-0.4, -0.2) is 17.5 Å². The van der Waals surface area contributed by atoms with E-state index in [-0.39, 0.29) is 12.6 Å². The molecule has 2 rings (SSSR count). The number of aromatic nitrogens is 1. The topological polar surface area (TPSA) is 77.2 Å². The predicted octanol–water partition coefficient (Wildman–Crippen LogP) is 2.18. The number of primary amides is 1. The molecule has 100 valence electrons.